The Morgan fingerprint density at radius 3 is 2.45 bits per heavy atom. The molecule has 0 aromatic carbocycles. The summed E-state index contributed by atoms with van der Waals surface area (Å²) in [4.78, 5) is 6.79. The summed E-state index contributed by atoms with van der Waals surface area (Å²) in [5, 5.41) is 13.0. The fraction of sp³-hybridized carbons (Fsp3) is 0.636. The van der Waals surface area contributed by atoms with Gasteiger partial charge in [0.15, 0.2) is 15.7 Å². The van der Waals surface area contributed by atoms with E-state index in [0.717, 1.165) is 15.6 Å². The number of aromatic nitrogens is 5. The molecule has 0 saturated heterocycles. The minimum Gasteiger partial charge on any atom is -0.247 e. The molecule has 9 heteroatoms. The highest BCUT2D eigenvalue weighted by molar-refractivity contribution is 7.91. The first-order chi connectivity index (χ1) is 9.11. The molecular weight excluding hydrogens is 298 g/mol. The van der Waals surface area contributed by atoms with Gasteiger partial charge >= 0.3 is 0 Å². The lowest BCUT2D eigenvalue weighted by atomic mass is 10.2. The SMILES string of the molecule is Cc1nc(C)c(Cn2nnc(C(C)(C)S(C)(=O)=O)n2)s1. The minimum atomic E-state index is -3.31. The van der Waals surface area contributed by atoms with Gasteiger partial charge in [0.1, 0.15) is 4.75 Å². The molecule has 2 rings (SSSR count). The minimum absolute atomic E-state index is 0.207. The molecule has 0 aliphatic carbocycles. The number of rotatable bonds is 4. The van der Waals surface area contributed by atoms with Gasteiger partial charge in [-0.1, -0.05) is 0 Å². The molecule has 7 nitrogen and oxygen atoms in total. The predicted molar refractivity (Wildman–Crippen MR) is 76.4 cm³/mol. The number of aryl methyl sites for hydroxylation is 2. The Bertz CT molecular complexity index is 730. The van der Waals surface area contributed by atoms with Gasteiger partial charge in [0, 0.05) is 6.26 Å². The molecule has 2 aromatic heterocycles. The van der Waals surface area contributed by atoms with Crippen LogP contribution in [0.3, 0.4) is 0 Å². The number of tetrazole rings is 1. The van der Waals surface area contributed by atoms with Crippen LogP contribution in [0.4, 0.5) is 0 Å². The third kappa shape index (κ3) is 2.73. The van der Waals surface area contributed by atoms with E-state index in [0.29, 0.717) is 6.54 Å². The van der Waals surface area contributed by atoms with Crippen molar-refractivity contribution in [1.29, 1.82) is 0 Å². The van der Waals surface area contributed by atoms with E-state index in [1.807, 2.05) is 13.8 Å². The molecular formula is C11H17N5O2S2. The molecule has 0 N–H and O–H groups in total. The van der Waals surface area contributed by atoms with Crippen molar-refractivity contribution in [2.24, 2.45) is 0 Å². The number of hydrogen-bond acceptors (Lipinski definition) is 7. The van der Waals surface area contributed by atoms with Crippen molar-refractivity contribution in [2.75, 3.05) is 6.26 Å². The number of sulfone groups is 1. The second-order valence-corrected chi connectivity index (χ2v) is 9.02. The molecule has 0 amide bonds. The van der Waals surface area contributed by atoms with Gasteiger partial charge in [0.05, 0.1) is 22.1 Å². The highest BCUT2D eigenvalue weighted by atomic mass is 32.2. The maximum absolute atomic E-state index is 11.8. The lowest BCUT2D eigenvalue weighted by molar-refractivity contribution is 0.542. The van der Waals surface area contributed by atoms with Crippen molar-refractivity contribution in [3.63, 3.8) is 0 Å². The highest BCUT2D eigenvalue weighted by Crippen LogP contribution is 2.25. The van der Waals surface area contributed by atoms with Gasteiger partial charge in [-0.2, -0.15) is 4.80 Å². The maximum atomic E-state index is 11.8. The summed E-state index contributed by atoms with van der Waals surface area (Å²) in [6.07, 6.45) is 1.17. The summed E-state index contributed by atoms with van der Waals surface area (Å²) in [6.45, 7) is 7.47. The van der Waals surface area contributed by atoms with Gasteiger partial charge < -0.3 is 0 Å². The van der Waals surface area contributed by atoms with Crippen LogP contribution in [0.5, 0.6) is 0 Å². The lowest BCUT2D eigenvalue weighted by Crippen LogP contribution is -2.29. The van der Waals surface area contributed by atoms with Crippen molar-refractivity contribution < 1.29 is 8.42 Å². The van der Waals surface area contributed by atoms with Crippen LogP contribution in [0.15, 0.2) is 0 Å². The number of hydrogen-bond donors (Lipinski definition) is 0. The molecule has 2 aromatic rings. The van der Waals surface area contributed by atoms with Crippen LogP contribution in [0.25, 0.3) is 0 Å². The van der Waals surface area contributed by atoms with Crippen LogP contribution in [-0.2, 0) is 21.1 Å². The molecule has 0 atom stereocenters. The normalized spacial score (nSPS) is 12.8. The van der Waals surface area contributed by atoms with Crippen LogP contribution >= 0.6 is 11.3 Å². The van der Waals surface area contributed by atoms with E-state index >= 15 is 0 Å². The summed E-state index contributed by atoms with van der Waals surface area (Å²) >= 11 is 1.57. The molecule has 0 aliphatic rings. The Hall–Kier alpha value is -1.35. The molecule has 110 valence electrons. The second-order valence-electron chi connectivity index (χ2n) is 5.17. The standard InChI is InChI=1S/C11H17N5O2S2/c1-7-9(19-8(2)12-7)6-16-14-10(13-15-16)11(3,4)20(5,17)18/h6H2,1-5H3. The van der Waals surface area contributed by atoms with E-state index < -0.39 is 14.6 Å². The van der Waals surface area contributed by atoms with Crippen molar-refractivity contribution in [1.82, 2.24) is 25.2 Å². The number of thiazole rings is 1. The smallest absolute Gasteiger partial charge is 0.195 e. The molecule has 0 radical (unpaired) electrons. The molecule has 0 bridgehead atoms. The first-order valence-corrected chi connectivity index (χ1v) is 8.73. The lowest BCUT2D eigenvalue weighted by Gasteiger charge is -2.17. The molecule has 0 fully saturated rings. The van der Waals surface area contributed by atoms with Gasteiger partial charge in [-0.25, -0.2) is 13.4 Å². The zero-order valence-electron chi connectivity index (χ0n) is 12.1. The zero-order valence-corrected chi connectivity index (χ0v) is 13.7. The molecule has 0 spiro atoms. The van der Waals surface area contributed by atoms with E-state index in [1.165, 1.54) is 11.1 Å². The molecule has 0 aliphatic heterocycles. The van der Waals surface area contributed by atoms with Gasteiger partial charge in [0.25, 0.3) is 0 Å². The first kappa shape index (κ1) is 15.0. The summed E-state index contributed by atoms with van der Waals surface area (Å²) in [5.41, 5.74) is 0.939. The Kier molecular flexibility index (Phi) is 3.67. The first-order valence-electron chi connectivity index (χ1n) is 6.02. The highest BCUT2D eigenvalue weighted by Gasteiger charge is 2.37. The predicted octanol–water partition coefficient (Wildman–Crippen LogP) is 1.07. The van der Waals surface area contributed by atoms with Crippen LogP contribution in [0.1, 0.15) is 35.3 Å². The van der Waals surface area contributed by atoms with Crippen LogP contribution in [0, 0.1) is 13.8 Å². The molecule has 0 unspecified atom stereocenters. The average molecular weight is 315 g/mol. The van der Waals surface area contributed by atoms with Gasteiger partial charge in [-0.05, 0) is 32.9 Å². The summed E-state index contributed by atoms with van der Waals surface area (Å²) in [6, 6.07) is 0. The fourth-order valence-electron chi connectivity index (χ4n) is 1.57. The van der Waals surface area contributed by atoms with Crippen LogP contribution < -0.4 is 0 Å². The topological polar surface area (TPSA) is 90.6 Å². The van der Waals surface area contributed by atoms with Crippen molar-refractivity contribution in [3.8, 4) is 0 Å². The van der Waals surface area contributed by atoms with E-state index in [2.05, 4.69) is 20.4 Å². The Labute approximate surface area is 122 Å². The van der Waals surface area contributed by atoms with E-state index in [-0.39, 0.29) is 5.82 Å². The van der Waals surface area contributed by atoms with Gasteiger partial charge in [-0.15, -0.1) is 21.5 Å². The van der Waals surface area contributed by atoms with Gasteiger partial charge in [0.2, 0.25) is 0 Å². The fourth-order valence-corrected chi connectivity index (χ4v) is 2.89. The third-order valence-electron chi connectivity index (χ3n) is 3.20. The summed E-state index contributed by atoms with van der Waals surface area (Å²) < 4.78 is 22.4. The monoisotopic (exact) mass is 315 g/mol. The molecule has 0 saturated carbocycles. The van der Waals surface area contributed by atoms with Crippen LogP contribution in [0.2, 0.25) is 0 Å². The Morgan fingerprint density at radius 2 is 1.95 bits per heavy atom. The van der Waals surface area contributed by atoms with Gasteiger partial charge in [-0.3, -0.25) is 0 Å². The summed E-state index contributed by atoms with van der Waals surface area (Å²) in [5.74, 6) is 0.207. The van der Waals surface area contributed by atoms with E-state index in [1.54, 1.807) is 25.2 Å². The average Bonchev–Trinajstić information content (AvgIpc) is 2.86. The van der Waals surface area contributed by atoms with Crippen molar-refractivity contribution in [2.45, 2.75) is 39.0 Å². The zero-order chi connectivity index (χ0) is 15.1. The number of nitrogens with zero attached hydrogens (tertiary/aromatic N) is 5. The second kappa shape index (κ2) is 4.88. The summed E-state index contributed by atoms with van der Waals surface area (Å²) in [7, 11) is -3.31. The molecule has 2 heterocycles. The third-order valence-corrected chi connectivity index (χ3v) is 6.30. The Morgan fingerprint density at radius 1 is 1.30 bits per heavy atom. The quantitative estimate of drug-likeness (QED) is 0.838. The largest absolute Gasteiger partial charge is 0.247 e. The van der Waals surface area contributed by atoms with Crippen molar-refractivity contribution in [3.05, 3.63) is 21.4 Å². The Balaban J connectivity index is 2.28. The maximum Gasteiger partial charge on any atom is 0.195 e. The van der Waals surface area contributed by atoms with E-state index in [9.17, 15) is 8.42 Å². The van der Waals surface area contributed by atoms with Crippen molar-refractivity contribution >= 4 is 21.2 Å². The van der Waals surface area contributed by atoms with Crippen LogP contribution in [-0.4, -0.2) is 39.9 Å². The van der Waals surface area contributed by atoms with E-state index in [4.69, 9.17) is 0 Å². The molecule has 20 heavy (non-hydrogen) atoms.